The number of alkyl carbamates (subject to hydrolysis) is 1. The first-order valence-electron chi connectivity index (χ1n) is 10.2. The molecule has 9 heteroatoms. The lowest BCUT2D eigenvalue weighted by Gasteiger charge is -2.34. The summed E-state index contributed by atoms with van der Waals surface area (Å²) in [6.07, 6.45) is 1.09. The molecular formula is C20H39IN4O4. The van der Waals surface area contributed by atoms with Gasteiger partial charge in [-0.05, 0) is 46.5 Å². The fourth-order valence-electron chi connectivity index (χ4n) is 3.03. The number of esters is 1. The van der Waals surface area contributed by atoms with Crippen molar-refractivity contribution in [3.05, 3.63) is 0 Å². The molecule has 0 aromatic carbocycles. The summed E-state index contributed by atoms with van der Waals surface area (Å²) in [5.74, 6) is 0.865. The number of nitrogens with one attached hydrogen (secondary N) is 2. The van der Waals surface area contributed by atoms with E-state index in [4.69, 9.17) is 9.47 Å². The van der Waals surface area contributed by atoms with Gasteiger partial charge in [0.1, 0.15) is 5.60 Å². The molecule has 1 atom stereocenters. The van der Waals surface area contributed by atoms with E-state index in [-0.39, 0.29) is 47.8 Å². The Hall–Kier alpha value is -1.26. The molecule has 1 aliphatic rings. The highest BCUT2D eigenvalue weighted by atomic mass is 127. The Morgan fingerprint density at radius 2 is 1.79 bits per heavy atom. The average Bonchev–Trinajstić information content (AvgIpc) is 2.60. The third-order valence-electron chi connectivity index (χ3n) is 4.61. The molecule has 1 unspecified atom stereocenters. The van der Waals surface area contributed by atoms with Gasteiger partial charge in [-0.2, -0.15) is 0 Å². The number of piperidine rings is 1. The zero-order valence-electron chi connectivity index (χ0n) is 18.9. The number of carbonyl (C=O) groups excluding carboxylic acids is 2. The third-order valence-corrected chi connectivity index (χ3v) is 4.61. The van der Waals surface area contributed by atoms with E-state index in [1.807, 2.05) is 27.7 Å². The summed E-state index contributed by atoms with van der Waals surface area (Å²) in [5, 5.41) is 6.28. The summed E-state index contributed by atoms with van der Waals surface area (Å²) in [6.45, 7) is 13.9. The predicted molar refractivity (Wildman–Crippen MR) is 126 cm³/mol. The van der Waals surface area contributed by atoms with Crippen molar-refractivity contribution in [3.63, 3.8) is 0 Å². The second kappa shape index (κ2) is 13.1. The monoisotopic (exact) mass is 526 g/mol. The Labute approximate surface area is 192 Å². The van der Waals surface area contributed by atoms with E-state index in [1.165, 1.54) is 0 Å². The van der Waals surface area contributed by atoms with Crippen molar-refractivity contribution in [2.24, 2.45) is 16.8 Å². The number of amides is 1. The van der Waals surface area contributed by atoms with Crippen LogP contribution in [0.4, 0.5) is 4.79 Å². The van der Waals surface area contributed by atoms with Gasteiger partial charge in [-0.25, -0.2) is 4.79 Å². The van der Waals surface area contributed by atoms with Crippen molar-refractivity contribution < 1.29 is 19.1 Å². The molecular weight excluding hydrogens is 487 g/mol. The molecule has 0 radical (unpaired) electrons. The van der Waals surface area contributed by atoms with E-state index >= 15 is 0 Å². The number of hydrogen-bond acceptors (Lipinski definition) is 5. The molecule has 1 saturated heterocycles. The first-order valence-corrected chi connectivity index (χ1v) is 10.2. The van der Waals surface area contributed by atoms with Crippen molar-refractivity contribution in [2.75, 3.05) is 33.3 Å². The lowest BCUT2D eigenvalue weighted by atomic mass is 9.97. The maximum Gasteiger partial charge on any atom is 0.407 e. The van der Waals surface area contributed by atoms with Gasteiger partial charge in [0.25, 0.3) is 0 Å². The summed E-state index contributed by atoms with van der Waals surface area (Å²) >= 11 is 0. The van der Waals surface area contributed by atoms with Crippen molar-refractivity contribution in [1.82, 2.24) is 15.5 Å². The van der Waals surface area contributed by atoms with Gasteiger partial charge in [0.05, 0.1) is 18.6 Å². The van der Waals surface area contributed by atoms with Crippen LogP contribution in [0.5, 0.6) is 0 Å². The number of rotatable bonds is 6. The normalized spacial score (nSPS) is 16.7. The number of ether oxygens (including phenoxy) is 2. The third kappa shape index (κ3) is 10.4. The second-order valence-electron chi connectivity index (χ2n) is 8.44. The van der Waals surface area contributed by atoms with Gasteiger partial charge >= 0.3 is 12.1 Å². The number of guanidine groups is 1. The molecule has 170 valence electrons. The number of likely N-dealkylation sites (tertiary alicyclic amines) is 1. The molecule has 8 nitrogen and oxygen atoms in total. The van der Waals surface area contributed by atoms with Crippen LogP contribution >= 0.6 is 24.0 Å². The molecule has 1 aliphatic heterocycles. The largest absolute Gasteiger partial charge is 0.466 e. The Bertz CT molecular complexity index is 541. The van der Waals surface area contributed by atoms with E-state index < -0.39 is 11.7 Å². The standard InChI is InChI=1S/C20H38N4O4.HI/c1-8-27-17(25)15-9-11-24(12-10-15)18(21-7)22-13-16(14(2)3)23-19(26)28-20(4,5)6;/h14-16H,8-13H2,1-7H3,(H,21,22)(H,23,26);1H. The zero-order chi connectivity index (χ0) is 21.3. The van der Waals surface area contributed by atoms with E-state index in [1.54, 1.807) is 7.05 Å². The van der Waals surface area contributed by atoms with Crippen molar-refractivity contribution in [3.8, 4) is 0 Å². The summed E-state index contributed by atoms with van der Waals surface area (Å²) in [4.78, 5) is 30.5. The minimum atomic E-state index is -0.529. The van der Waals surface area contributed by atoms with E-state index in [2.05, 4.69) is 34.4 Å². The molecule has 0 spiro atoms. The van der Waals surface area contributed by atoms with Gasteiger partial charge in [0.2, 0.25) is 0 Å². The molecule has 29 heavy (non-hydrogen) atoms. The van der Waals surface area contributed by atoms with E-state index in [0.29, 0.717) is 13.2 Å². The molecule has 1 fully saturated rings. The lowest BCUT2D eigenvalue weighted by molar-refractivity contribution is -0.149. The van der Waals surface area contributed by atoms with Crippen LogP contribution in [-0.4, -0.2) is 67.9 Å². The quantitative estimate of drug-likeness (QED) is 0.239. The fourth-order valence-corrected chi connectivity index (χ4v) is 3.03. The Morgan fingerprint density at radius 1 is 1.21 bits per heavy atom. The summed E-state index contributed by atoms with van der Waals surface area (Å²) < 4.78 is 10.5. The number of aliphatic imine (C=N–C) groups is 1. The van der Waals surface area contributed by atoms with Crippen LogP contribution in [0.25, 0.3) is 0 Å². The topological polar surface area (TPSA) is 92.3 Å². The highest BCUT2D eigenvalue weighted by Crippen LogP contribution is 2.18. The Morgan fingerprint density at radius 3 is 2.24 bits per heavy atom. The minimum absolute atomic E-state index is 0. The smallest absolute Gasteiger partial charge is 0.407 e. The van der Waals surface area contributed by atoms with Crippen LogP contribution in [0, 0.1) is 11.8 Å². The van der Waals surface area contributed by atoms with Gasteiger partial charge < -0.3 is 25.0 Å². The fraction of sp³-hybridized carbons (Fsp3) is 0.850. The number of nitrogens with zero attached hydrogens (tertiary/aromatic N) is 2. The van der Waals surface area contributed by atoms with Crippen LogP contribution in [0.1, 0.15) is 54.4 Å². The van der Waals surface area contributed by atoms with Crippen molar-refractivity contribution in [1.29, 1.82) is 0 Å². The van der Waals surface area contributed by atoms with Gasteiger partial charge in [-0.15, -0.1) is 24.0 Å². The first-order chi connectivity index (χ1) is 13.1. The summed E-state index contributed by atoms with van der Waals surface area (Å²) in [6, 6.07) is -0.0938. The SMILES string of the molecule is CCOC(=O)C1CCN(C(=NC)NCC(NC(=O)OC(C)(C)C)C(C)C)CC1.I. The molecule has 0 aromatic heterocycles. The van der Waals surface area contributed by atoms with Crippen LogP contribution in [0.2, 0.25) is 0 Å². The van der Waals surface area contributed by atoms with Crippen LogP contribution in [0.3, 0.4) is 0 Å². The maximum absolute atomic E-state index is 12.1. The molecule has 0 aromatic rings. The molecule has 0 saturated carbocycles. The Kier molecular flexibility index (Phi) is 12.6. The van der Waals surface area contributed by atoms with Crippen LogP contribution < -0.4 is 10.6 Å². The van der Waals surface area contributed by atoms with E-state index in [9.17, 15) is 9.59 Å². The van der Waals surface area contributed by atoms with Gasteiger partial charge in [-0.1, -0.05) is 13.8 Å². The highest BCUT2D eigenvalue weighted by molar-refractivity contribution is 14.0. The Balaban J connectivity index is 0.00000784. The molecule has 1 heterocycles. The second-order valence-corrected chi connectivity index (χ2v) is 8.44. The van der Waals surface area contributed by atoms with Gasteiger partial charge in [-0.3, -0.25) is 9.79 Å². The zero-order valence-corrected chi connectivity index (χ0v) is 21.2. The van der Waals surface area contributed by atoms with Crippen LogP contribution in [-0.2, 0) is 14.3 Å². The minimum Gasteiger partial charge on any atom is -0.466 e. The average molecular weight is 526 g/mol. The van der Waals surface area contributed by atoms with Gasteiger partial charge in [0, 0.05) is 26.7 Å². The molecule has 1 amide bonds. The highest BCUT2D eigenvalue weighted by Gasteiger charge is 2.28. The molecule has 1 rings (SSSR count). The van der Waals surface area contributed by atoms with Gasteiger partial charge in [0.15, 0.2) is 5.96 Å². The van der Waals surface area contributed by atoms with E-state index in [0.717, 1.165) is 31.9 Å². The lowest BCUT2D eigenvalue weighted by Crippen LogP contribution is -2.52. The number of carbonyl (C=O) groups is 2. The molecule has 0 aliphatic carbocycles. The molecule has 0 bridgehead atoms. The summed E-state index contributed by atoms with van der Waals surface area (Å²) in [5.41, 5.74) is -0.529. The number of halogens is 1. The molecule has 2 N–H and O–H groups in total. The number of hydrogen-bond donors (Lipinski definition) is 2. The maximum atomic E-state index is 12.1. The van der Waals surface area contributed by atoms with Crippen molar-refractivity contribution in [2.45, 2.75) is 66.0 Å². The summed E-state index contributed by atoms with van der Waals surface area (Å²) in [7, 11) is 1.74. The van der Waals surface area contributed by atoms with Crippen LogP contribution in [0.15, 0.2) is 4.99 Å². The predicted octanol–water partition coefficient (Wildman–Crippen LogP) is 3.00. The van der Waals surface area contributed by atoms with Crippen molar-refractivity contribution >= 4 is 42.0 Å². The first kappa shape index (κ1) is 27.7.